The second-order valence-electron chi connectivity index (χ2n) is 10.8. The molecule has 2 aromatic carbocycles. The summed E-state index contributed by atoms with van der Waals surface area (Å²) in [5.41, 5.74) is 3.46. The van der Waals surface area contributed by atoms with Gasteiger partial charge in [0, 0.05) is 0 Å². The first kappa shape index (κ1) is 27.9. The van der Waals surface area contributed by atoms with Crippen LogP contribution in [0.3, 0.4) is 0 Å². The summed E-state index contributed by atoms with van der Waals surface area (Å²) in [6.45, 7) is 9.51. The van der Waals surface area contributed by atoms with E-state index in [1.165, 1.54) is 11.9 Å². The third kappa shape index (κ3) is 5.90. The highest BCUT2D eigenvalue weighted by atomic mass is 32.2. The lowest BCUT2D eigenvalue weighted by molar-refractivity contribution is 0.241. The fourth-order valence-corrected chi connectivity index (χ4v) is 6.09. The molecule has 0 bridgehead atoms. The van der Waals surface area contributed by atoms with E-state index in [0.29, 0.717) is 34.5 Å². The van der Waals surface area contributed by atoms with Crippen molar-refractivity contribution < 1.29 is 13.2 Å². The summed E-state index contributed by atoms with van der Waals surface area (Å²) in [4.78, 5) is 19.3. The molecule has 11 heteroatoms. The molecule has 1 saturated heterocycles. The van der Waals surface area contributed by atoms with Crippen LogP contribution < -0.4 is 15.4 Å². The number of hydrogen-bond acceptors (Lipinski definition) is 9. The highest BCUT2D eigenvalue weighted by Gasteiger charge is 2.24. The molecule has 0 unspecified atom stereocenters. The summed E-state index contributed by atoms with van der Waals surface area (Å²) in [7, 11) is -1.36. The van der Waals surface area contributed by atoms with E-state index in [9.17, 15) is 8.42 Å². The minimum Gasteiger partial charge on any atom is -0.489 e. The molecule has 0 spiro atoms. The molecule has 0 saturated carbocycles. The minimum absolute atomic E-state index is 0.0142. The average molecular weight is 564 g/mol. The Kier molecular flexibility index (Phi) is 7.95. The van der Waals surface area contributed by atoms with Crippen LogP contribution in [-0.2, 0) is 9.84 Å². The first-order valence-electron chi connectivity index (χ1n) is 13.7. The maximum atomic E-state index is 13.0. The molecule has 212 valence electrons. The maximum absolute atomic E-state index is 13.0. The van der Waals surface area contributed by atoms with Crippen LogP contribution in [0.4, 0.5) is 23.1 Å². The molecule has 3 heterocycles. The zero-order chi connectivity index (χ0) is 28.4. The Balaban J connectivity index is 1.49. The van der Waals surface area contributed by atoms with Gasteiger partial charge in [-0.15, -0.1) is 0 Å². The number of piperidine rings is 1. The highest BCUT2D eigenvalue weighted by molar-refractivity contribution is 7.92. The summed E-state index contributed by atoms with van der Waals surface area (Å²) in [6.07, 6.45) is 3.76. The lowest BCUT2D eigenvalue weighted by atomic mass is 9.89. The molecule has 0 aliphatic carbocycles. The molecule has 3 N–H and O–H groups in total. The number of hydrogen-bond donors (Lipinski definition) is 3. The summed E-state index contributed by atoms with van der Waals surface area (Å²) in [5.74, 6) is 1.95. The predicted octanol–water partition coefficient (Wildman–Crippen LogP) is 5.62. The first-order valence-corrected chi connectivity index (χ1v) is 15.2. The molecule has 5 rings (SSSR count). The number of ether oxygens (including phenoxy) is 1. The summed E-state index contributed by atoms with van der Waals surface area (Å²) in [6, 6.07) is 13.1. The van der Waals surface area contributed by atoms with Gasteiger partial charge < -0.3 is 25.3 Å². The average Bonchev–Trinajstić information content (AvgIpc) is 3.39. The van der Waals surface area contributed by atoms with Crippen LogP contribution in [0.2, 0.25) is 0 Å². The third-order valence-corrected chi connectivity index (χ3v) is 9.37. The Morgan fingerprint density at radius 2 is 1.75 bits per heavy atom. The van der Waals surface area contributed by atoms with Crippen LogP contribution in [0.25, 0.3) is 11.2 Å². The van der Waals surface area contributed by atoms with Gasteiger partial charge in [-0.2, -0.15) is 9.97 Å². The molecule has 1 aliphatic heterocycles. The van der Waals surface area contributed by atoms with E-state index in [2.05, 4.69) is 49.7 Å². The Morgan fingerprint density at radius 1 is 1.00 bits per heavy atom. The Morgan fingerprint density at radius 3 is 2.48 bits per heavy atom. The molecule has 1 fully saturated rings. The van der Waals surface area contributed by atoms with Gasteiger partial charge in [-0.25, -0.2) is 13.4 Å². The zero-order valence-electron chi connectivity index (χ0n) is 23.6. The molecular weight excluding hydrogens is 526 g/mol. The maximum Gasteiger partial charge on any atom is 0.231 e. The largest absolute Gasteiger partial charge is 0.489 e. The summed E-state index contributed by atoms with van der Waals surface area (Å²) < 4.78 is 32.3. The fourth-order valence-electron chi connectivity index (χ4n) is 4.89. The molecule has 0 atom stereocenters. The molecule has 2 aromatic heterocycles. The number of para-hydroxylation sites is 1. The number of aromatic nitrogens is 4. The zero-order valence-corrected chi connectivity index (χ0v) is 24.4. The number of nitrogens with zero attached hydrogens (tertiary/aromatic N) is 4. The van der Waals surface area contributed by atoms with Gasteiger partial charge in [-0.05, 0) is 96.4 Å². The Labute approximate surface area is 235 Å². The van der Waals surface area contributed by atoms with Crippen molar-refractivity contribution in [1.82, 2.24) is 24.8 Å². The van der Waals surface area contributed by atoms with E-state index < -0.39 is 15.1 Å². The van der Waals surface area contributed by atoms with Crippen LogP contribution in [0, 0.1) is 0 Å². The number of sulfone groups is 1. The smallest absolute Gasteiger partial charge is 0.231 e. The number of rotatable bonds is 9. The topological polar surface area (TPSA) is 125 Å². The summed E-state index contributed by atoms with van der Waals surface area (Å²) in [5, 5.41) is 5.97. The van der Waals surface area contributed by atoms with Crippen LogP contribution in [-0.4, -0.2) is 64.7 Å². The quantitative estimate of drug-likeness (QED) is 0.238. The van der Waals surface area contributed by atoms with Gasteiger partial charge >= 0.3 is 0 Å². The molecule has 40 heavy (non-hydrogen) atoms. The van der Waals surface area contributed by atoms with Crippen molar-refractivity contribution in [2.45, 2.75) is 62.7 Å². The van der Waals surface area contributed by atoms with Gasteiger partial charge in [0.15, 0.2) is 21.3 Å². The van der Waals surface area contributed by atoms with Crippen LogP contribution >= 0.6 is 0 Å². The van der Waals surface area contributed by atoms with Crippen molar-refractivity contribution in [3.8, 4) is 5.75 Å². The molecular formula is C29H37N7O3S. The Hall–Kier alpha value is -3.70. The van der Waals surface area contributed by atoms with Gasteiger partial charge in [0.25, 0.3) is 0 Å². The normalized spacial score (nSPS) is 15.2. The molecule has 0 radical (unpaired) electrons. The van der Waals surface area contributed by atoms with Gasteiger partial charge in [0.1, 0.15) is 11.3 Å². The number of benzene rings is 2. The number of nitrogens with one attached hydrogen (secondary N) is 3. The highest BCUT2D eigenvalue weighted by Crippen LogP contribution is 2.36. The first-order chi connectivity index (χ1) is 19.1. The van der Waals surface area contributed by atoms with Gasteiger partial charge in [-0.1, -0.05) is 18.2 Å². The molecule has 4 aromatic rings. The van der Waals surface area contributed by atoms with Crippen molar-refractivity contribution >= 4 is 44.1 Å². The van der Waals surface area contributed by atoms with E-state index in [1.807, 2.05) is 19.9 Å². The van der Waals surface area contributed by atoms with Crippen LogP contribution in [0.5, 0.6) is 5.75 Å². The lowest BCUT2D eigenvalue weighted by Gasteiger charge is -2.29. The van der Waals surface area contributed by atoms with Crippen molar-refractivity contribution in [3.05, 3.63) is 54.4 Å². The van der Waals surface area contributed by atoms with E-state index in [4.69, 9.17) is 9.72 Å². The standard InChI is InChI=1S/C29H37N7O3S/c1-18(2)39-24-16-21(20-12-14-36(5)15-13-20)10-11-22(24)33-29-34-27-26(30-17-31-27)28(35-29)32-23-8-6-7-9-25(23)40(37,38)19(3)4/h6-11,16-20H,12-15H2,1-5H3,(H3,30,31,32,33,34,35). The number of anilines is 4. The van der Waals surface area contributed by atoms with Crippen molar-refractivity contribution in [1.29, 1.82) is 0 Å². The van der Waals surface area contributed by atoms with Crippen molar-refractivity contribution in [2.75, 3.05) is 30.8 Å². The van der Waals surface area contributed by atoms with Gasteiger partial charge in [0.2, 0.25) is 5.95 Å². The minimum atomic E-state index is -3.53. The molecule has 1 aliphatic rings. The SMILES string of the molecule is CC(C)Oc1cc(C2CCN(C)CC2)ccc1Nc1nc(Nc2ccccc2S(=O)(=O)C(C)C)c2[nH]cnc2n1. The van der Waals surface area contributed by atoms with E-state index in [0.717, 1.165) is 37.4 Å². The number of H-pyrrole nitrogens is 1. The van der Waals surface area contributed by atoms with E-state index in [1.54, 1.807) is 38.1 Å². The predicted molar refractivity (Wildman–Crippen MR) is 159 cm³/mol. The second kappa shape index (κ2) is 11.4. The third-order valence-electron chi connectivity index (χ3n) is 7.16. The Bertz CT molecular complexity index is 1590. The fraction of sp³-hybridized carbons (Fsp3) is 0.414. The van der Waals surface area contributed by atoms with Gasteiger partial charge in [-0.3, -0.25) is 0 Å². The number of aromatic amines is 1. The lowest BCUT2D eigenvalue weighted by Crippen LogP contribution is -2.29. The monoisotopic (exact) mass is 563 g/mol. The van der Waals surface area contributed by atoms with Crippen LogP contribution in [0.15, 0.2) is 53.7 Å². The molecule has 0 amide bonds. The summed E-state index contributed by atoms with van der Waals surface area (Å²) >= 11 is 0. The van der Waals surface area contributed by atoms with Crippen molar-refractivity contribution in [3.63, 3.8) is 0 Å². The van der Waals surface area contributed by atoms with Gasteiger partial charge in [0.05, 0.1) is 34.0 Å². The van der Waals surface area contributed by atoms with Crippen LogP contribution in [0.1, 0.15) is 52.0 Å². The number of fused-ring (bicyclic) bond motifs is 1. The second-order valence-corrected chi connectivity index (χ2v) is 13.3. The number of imidazole rings is 1. The number of likely N-dealkylation sites (tertiary alicyclic amines) is 1. The molecule has 10 nitrogen and oxygen atoms in total. The van der Waals surface area contributed by atoms with E-state index in [-0.39, 0.29) is 11.0 Å². The van der Waals surface area contributed by atoms with Crippen molar-refractivity contribution in [2.24, 2.45) is 0 Å². The van der Waals surface area contributed by atoms with E-state index >= 15 is 0 Å².